The van der Waals surface area contributed by atoms with Crippen molar-refractivity contribution in [3.63, 3.8) is 0 Å². The molecule has 1 amide bonds. The normalized spacial score (nSPS) is 19.8. The molecule has 1 saturated heterocycles. The fourth-order valence-electron chi connectivity index (χ4n) is 10.5. The molecule has 8 N–H and O–H groups in total. The fourth-order valence-corrected chi connectivity index (χ4v) is 10.5. The molecule has 0 saturated carbocycles. The van der Waals surface area contributed by atoms with Gasteiger partial charge in [-0.05, 0) is 51.4 Å². The predicted octanol–water partition coefficient (Wildman–Crippen LogP) is 14.5. The Hall–Kier alpha value is -1.41. The van der Waals surface area contributed by atoms with E-state index in [0.29, 0.717) is 19.3 Å². The van der Waals surface area contributed by atoms with Gasteiger partial charge in [0.25, 0.3) is 0 Å². The van der Waals surface area contributed by atoms with E-state index in [1.165, 1.54) is 225 Å². The quantitative estimate of drug-likeness (QED) is 0.0215. The molecule has 1 aliphatic rings. The largest absolute Gasteiger partial charge is 0.394 e. The maximum absolute atomic E-state index is 13.2. The first-order valence-electron chi connectivity index (χ1n) is 32.2. The van der Waals surface area contributed by atoms with Crippen LogP contribution in [0.4, 0.5) is 0 Å². The number of ether oxygens (including phenoxy) is 2. The highest BCUT2D eigenvalue weighted by Crippen LogP contribution is 2.24. The fraction of sp³-hybridized carbons (Fsp3) is 0.922. The lowest BCUT2D eigenvalue weighted by Gasteiger charge is -2.40. The second-order valence-electron chi connectivity index (χ2n) is 22.8. The molecule has 0 aromatic carbocycles. The van der Waals surface area contributed by atoms with Gasteiger partial charge in [-0.15, -0.1) is 0 Å². The average molecular weight is 1070 g/mol. The number of aliphatic hydroxyl groups is 7. The lowest BCUT2D eigenvalue weighted by molar-refractivity contribution is -0.303. The molecule has 0 radical (unpaired) electrons. The van der Waals surface area contributed by atoms with Crippen molar-refractivity contribution in [3.8, 4) is 0 Å². The van der Waals surface area contributed by atoms with E-state index in [2.05, 4.69) is 43.5 Å². The summed E-state index contributed by atoms with van der Waals surface area (Å²) in [6.07, 6.45) is 53.9. The van der Waals surface area contributed by atoms with Crippen LogP contribution in [0.2, 0.25) is 0 Å². The van der Waals surface area contributed by atoms with E-state index in [1.807, 2.05) is 0 Å². The van der Waals surface area contributed by atoms with Gasteiger partial charge in [-0.1, -0.05) is 282 Å². The lowest BCUT2D eigenvalue weighted by atomic mass is 9.98. The number of amides is 1. The molecular weight excluding hydrogens is 943 g/mol. The van der Waals surface area contributed by atoms with Crippen LogP contribution in [0, 0.1) is 0 Å². The molecule has 444 valence electrons. The minimum atomic E-state index is -1.67. The van der Waals surface area contributed by atoms with E-state index in [-0.39, 0.29) is 12.8 Å². The van der Waals surface area contributed by atoms with Gasteiger partial charge in [0.1, 0.15) is 36.6 Å². The van der Waals surface area contributed by atoms with Crippen LogP contribution in [-0.2, 0) is 14.3 Å². The monoisotopic (exact) mass is 1070 g/mol. The van der Waals surface area contributed by atoms with E-state index in [0.717, 1.165) is 38.5 Å². The highest BCUT2D eigenvalue weighted by atomic mass is 16.7. The number of carbonyl (C=O) groups excluding carboxylic acids is 1. The number of allylic oxidation sites excluding steroid dienone is 4. The molecule has 0 aromatic rings. The third kappa shape index (κ3) is 41.3. The summed E-state index contributed by atoms with van der Waals surface area (Å²) in [6.45, 7) is 3.48. The summed E-state index contributed by atoms with van der Waals surface area (Å²) in [5, 5.41) is 76.3. The van der Waals surface area contributed by atoms with Crippen molar-refractivity contribution in [1.29, 1.82) is 0 Å². The smallest absolute Gasteiger partial charge is 0.249 e. The first kappa shape index (κ1) is 71.6. The maximum Gasteiger partial charge on any atom is 0.249 e. The van der Waals surface area contributed by atoms with Gasteiger partial charge < -0.3 is 50.5 Å². The van der Waals surface area contributed by atoms with E-state index < -0.39 is 74.2 Å². The highest BCUT2D eigenvalue weighted by Gasteiger charge is 2.44. The molecule has 1 aliphatic heterocycles. The molecule has 11 nitrogen and oxygen atoms in total. The number of aliphatic hydroxyl groups excluding tert-OH is 7. The van der Waals surface area contributed by atoms with Gasteiger partial charge in [0.05, 0.1) is 25.4 Å². The number of nitrogens with one attached hydrogen (secondary N) is 1. The number of rotatable bonds is 56. The van der Waals surface area contributed by atoms with Crippen molar-refractivity contribution in [2.45, 2.75) is 364 Å². The molecular formula is C64H123NO10. The average Bonchev–Trinajstić information content (AvgIpc) is 3.41. The standard InChI is InChI=1S/C64H123NO10/c1-3-5-7-9-11-13-15-17-19-21-23-25-26-27-28-29-30-31-32-34-35-37-39-41-43-45-47-49-51-56(67)59(69)55(54-74-64-62(72)61(71)60(70)58(53-66)75-64)65-63(73)57(68)52-50-48-46-44-42-40-38-36-33-24-22-20-18-16-14-12-10-8-6-4-2/h35,37,43,45,55-62,64,66-72H,3-34,36,38-42,44,46-54H2,1-2H3,(H,65,73)/b37-35+,45-43+. The topological polar surface area (TPSA) is 189 Å². The van der Waals surface area contributed by atoms with Gasteiger partial charge in [0.15, 0.2) is 6.29 Å². The van der Waals surface area contributed by atoms with Gasteiger partial charge in [0, 0.05) is 0 Å². The number of unbranched alkanes of at least 4 members (excludes halogenated alkanes) is 40. The van der Waals surface area contributed by atoms with Gasteiger partial charge in [-0.3, -0.25) is 4.79 Å². The van der Waals surface area contributed by atoms with E-state index in [4.69, 9.17) is 9.47 Å². The van der Waals surface area contributed by atoms with Crippen molar-refractivity contribution in [2.24, 2.45) is 0 Å². The SMILES string of the molecule is CCCCCCCCCCCCCCCCCCCCC/C=C/CC/C=C/CCCC(O)C(O)C(COC1OC(CO)C(O)C(O)C1O)NC(=O)C(O)CCCCCCCCCCCCCCCCCCCCCC. The van der Waals surface area contributed by atoms with Crippen molar-refractivity contribution in [3.05, 3.63) is 24.3 Å². The first-order chi connectivity index (χ1) is 36.7. The summed E-state index contributed by atoms with van der Waals surface area (Å²) in [7, 11) is 0. The van der Waals surface area contributed by atoms with Crippen LogP contribution in [0.1, 0.15) is 309 Å². The summed E-state index contributed by atoms with van der Waals surface area (Å²) >= 11 is 0. The van der Waals surface area contributed by atoms with Crippen LogP contribution in [-0.4, -0.2) is 110 Å². The lowest BCUT2D eigenvalue weighted by Crippen LogP contribution is -2.60. The predicted molar refractivity (Wildman–Crippen MR) is 312 cm³/mol. The molecule has 11 heteroatoms. The number of carbonyl (C=O) groups is 1. The Balaban J connectivity index is 2.27. The summed E-state index contributed by atoms with van der Waals surface area (Å²) in [5.74, 6) is -0.705. The zero-order valence-electron chi connectivity index (χ0n) is 48.8. The van der Waals surface area contributed by atoms with Crippen LogP contribution in [0.25, 0.3) is 0 Å². The summed E-state index contributed by atoms with van der Waals surface area (Å²) < 4.78 is 11.2. The molecule has 1 rings (SSSR count). The van der Waals surface area contributed by atoms with Crippen LogP contribution >= 0.6 is 0 Å². The molecule has 0 spiro atoms. The second kappa shape index (κ2) is 53.2. The summed E-state index contributed by atoms with van der Waals surface area (Å²) in [5.41, 5.74) is 0. The van der Waals surface area contributed by atoms with Crippen molar-refractivity contribution in [1.82, 2.24) is 5.32 Å². The van der Waals surface area contributed by atoms with E-state index in [9.17, 15) is 40.5 Å². The molecule has 9 unspecified atom stereocenters. The van der Waals surface area contributed by atoms with Crippen molar-refractivity contribution in [2.75, 3.05) is 13.2 Å². The van der Waals surface area contributed by atoms with Crippen LogP contribution in [0.15, 0.2) is 24.3 Å². The molecule has 0 aliphatic carbocycles. The minimum absolute atomic E-state index is 0.249. The van der Waals surface area contributed by atoms with Gasteiger partial charge in [-0.2, -0.15) is 0 Å². The first-order valence-corrected chi connectivity index (χ1v) is 32.2. The van der Waals surface area contributed by atoms with Gasteiger partial charge in [0.2, 0.25) is 5.91 Å². The van der Waals surface area contributed by atoms with Crippen LogP contribution < -0.4 is 5.32 Å². The van der Waals surface area contributed by atoms with Crippen molar-refractivity contribution < 1.29 is 50.0 Å². The van der Waals surface area contributed by atoms with Crippen LogP contribution in [0.5, 0.6) is 0 Å². The molecule has 9 atom stereocenters. The molecule has 0 aromatic heterocycles. The molecule has 0 bridgehead atoms. The van der Waals surface area contributed by atoms with E-state index >= 15 is 0 Å². The maximum atomic E-state index is 13.2. The second-order valence-corrected chi connectivity index (χ2v) is 22.8. The van der Waals surface area contributed by atoms with Crippen molar-refractivity contribution >= 4 is 5.91 Å². The molecule has 1 heterocycles. The zero-order valence-corrected chi connectivity index (χ0v) is 48.8. The Morgan fingerprint density at radius 2 is 0.800 bits per heavy atom. The molecule has 1 fully saturated rings. The summed E-state index contributed by atoms with van der Waals surface area (Å²) in [6, 6.07) is -1.19. The van der Waals surface area contributed by atoms with Gasteiger partial charge >= 0.3 is 0 Å². The van der Waals surface area contributed by atoms with Crippen LogP contribution in [0.3, 0.4) is 0 Å². The van der Waals surface area contributed by atoms with Gasteiger partial charge in [-0.25, -0.2) is 0 Å². The number of hydrogen-bond donors (Lipinski definition) is 8. The highest BCUT2D eigenvalue weighted by molar-refractivity contribution is 5.80. The third-order valence-electron chi connectivity index (χ3n) is 15.7. The Bertz CT molecular complexity index is 1270. The minimum Gasteiger partial charge on any atom is -0.394 e. The third-order valence-corrected chi connectivity index (χ3v) is 15.7. The Morgan fingerprint density at radius 1 is 0.453 bits per heavy atom. The zero-order chi connectivity index (χ0) is 54.7. The summed E-state index contributed by atoms with van der Waals surface area (Å²) in [4.78, 5) is 13.2. The Morgan fingerprint density at radius 3 is 1.19 bits per heavy atom. The number of hydrogen-bond acceptors (Lipinski definition) is 10. The molecule has 75 heavy (non-hydrogen) atoms. The Kier molecular flexibility index (Phi) is 50.8. The Labute approximate surface area is 461 Å². The van der Waals surface area contributed by atoms with E-state index in [1.54, 1.807) is 0 Å².